The number of nitrogens with two attached hydrogens (primary N) is 1. The van der Waals surface area contributed by atoms with E-state index >= 15 is 0 Å². The predicted octanol–water partition coefficient (Wildman–Crippen LogP) is 2.38. The molecule has 2 N–H and O–H groups in total. The Hall–Kier alpha value is -0.770. The third-order valence-electron chi connectivity index (χ3n) is 3.18. The first kappa shape index (κ1) is 10.7. The molecule has 0 saturated heterocycles. The summed E-state index contributed by atoms with van der Waals surface area (Å²) in [5.74, 6) is 0. The number of nitrogens with zero attached hydrogens (tertiary/aromatic N) is 1. The fourth-order valence-corrected chi connectivity index (χ4v) is 2.58. The fraction of sp³-hybridized carbons (Fsp3) is 0.545. The van der Waals surface area contributed by atoms with E-state index in [0.717, 1.165) is 6.54 Å². The summed E-state index contributed by atoms with van der Waals surface area (Å²) in [6.45, 7) is 3.00. The average Bonchev–Trinajstić information content (AvgIpc) is 2.11. The van der Waals surface area contributed by atoms with Crippen molar-refractivity contribution in [1.82, 2.24) is 4.57 Å². The van der Waals surface area contributed by atoms with Gasteiger partial charge >= 0.3 is 0 Å². The van der Waals surface area contributed by atoms with Crippen LogP contribution in [-0.4, -0.2) is 4.57 Å². The van der Waals surface area contributed by atoms with Gasteiger partial charge in [-0.3, -0.25) is 4.79 Å². The molecule has 1 aliphatic carbocycles. The molecule has 15 heavy (non-hydrogen) atoms. The standard InChI is InChI=1S/C11H15BrN2O/c1-11(3-2-4-11)7-14-6-8(13)5-9(12)10(14)15/h5-6H,2-4,7,13H2,1H3. The summed E-state index contributed by atoms with van der Waals surface area (Å²) in [6, 6.07) is 1.65. The van der Waals surface area contributed by atoms with Crippen molar-refractivity contribution in [3.8, 4) is 0 Å². The highest BCUT2D eigenvalue weighted by molar-refractivity contribution is 9.10. The molecule has 0 unspecified atom stereocenters. The van der Waals surface area contributed by atoms with E-state index < -0.39 is 0 Å². The van der Waals surface area contributed by atoms with E-state index in [1.807, 2.05) is 0 Å². The lowest BCUT2D eigenvalue weighted by atomic mass is 9.70. The van der Waals surface area contributed by atoms with Gasteiger partial charge < -0.3 is 10.3 Å². The largest absolute Gasteiger partial charge is 0.398 e. The number of halogens is 1. The van der Waals surface area contributed by atoms with Crippen molar-refractivity contribution >= 4 is 21.6 Å². The molecule has 0 radical (unpaired) electrons. The van der Waals surface area contributed by atoms with Crippen molar-refractivity contribution in [2.24, 2.45) is 5.41 Å². The van der Waals surface area contributed by atoms with Crippen LogP contribution < -0.4 is 11.3 Å². The van der Waals surface area contributed by atoms with Crippen LogP contribution in [0, 0.1) is 5.41 Å². The van der Waals surface area contributed by atoms with E-state index in [1.165, 1.54) is 19.3 Å². The van der Waals surface area contributed by atoms with Gasteiger partial charge in [0, 0.05) is 18.4 Å². The van der Waals surface area contributed by atoms with Crippen LogP contribution in [0.4, 0.5) is 5.69 Å². The monoisotopic (exact) mass is 270 g/mol. The second-order valence-corrected chi connectivity index (χ2v) is 5.57. The molecule has 82 valence electrons. The van der Waals surface area contributed by atoms with E-state index in [9.17, 15) is 4.79 Å². The zero-order chi connectivity index (χ0) is 11.1. The van der Waals surface area contributed by atoms with Gasteiger partial charge in [0.2, 0.25) is 0 Å². The van der Waals surface area contributed by atoms with Crippen molar-refractivity contribution < 1.29 is 0 Å². The van der Waals surface area contributed by atoms with Gasteiger partial charge in [-0.25, -0.2) is 0 Å². The second kappa shape index (κ2) is 3.67. The van der Waals surface area contributed by atoms with Gasteiger partial charge in [-0.15, -0.1) is 0 Å². The molecule has 0 bridgehead atoms. The first-order valence-electron chi connectivity index (χ1n) is 5.16. The summed E-state index contributed by atoms with van der Waals surface area (Å²) in [6.07, 6.45) is 5.41. The normalized spacial score (nSPS) is 18.5. The number of nitrogen functional groups attached to an aromatic ring is 1. The minimum atomic E-state index is 0.0114. The van der Waals surface area contributed by atoms with E-state index in [2.05, 4.69) is 22.9 Å². The molecular formula is C11H15BrN2O. The molecule has 0 spiro atoms. The van der Waals surface area contributed by atoms with Gasteiger partial charge in [-0.2, -0.15) is 0 Å². The lowest BCUT2D eigenvalue weighted by molar-refractivity contribution is 0.130. The van der Waals surface area contributed by atoms with Gasteiger partial charge in [0.1, 0.15) is 0 Å². The van der Waals surface area contributed by atoms with Crippen LogP contribution in [0.1, 0.15) is 26.2 Å². The maximum Gasteiger partial charge on any atom is 0.264 e. The minimum absolute atomic E-state index is 0.0114. The lowest BCUT2D eigenvalue weighted by Gasteiger charge is -2.38. The fourth-order valence-electron chi connectivity index (χ4n) is 2.09. The SMILES string of the molecule is CC1(Cn2cc(N)cc(Br)c2=O)CCC1. The maximum atomic E-state index is 11.8. The van der Waals surface area contributed by atoms with Crippen molar-refractivity contribution in [3.05, 3.63) is 27.1 Å². The number of rotatable bonds is 2. The van der Waals surface area contributed by atoms with Crippen molar-refractivity contribution in [1.29, 1.82) is 0 Å². The van der Waals surface area contributed by atoms with Crippen molar-refractivity contribution in [2.45, 2.75) is 32.7 Å². The number of hydrogen-bond donors (Lipinski definition) is 1. The zero-order valence-electron chi connectivity index (χ0n) is 8.79. The Balaban J connectivity index is 2.32. The second-order valence-electron chi connectivity index (χ2n) is 4.72. The zero-order valence-corrected chi connectivity index (χ0v) is 10.4. The molecule has 2 rings (SSSR count). The summed E-state index contributed by atoms with van der Waals surface area (Å²) in [7, 11) is 0. The molecule has 1 aliphatic rings. The third-order valence-corrected chi connectivity index (χ3v) is 3.74. The molecule has 0 atom stereocenters. The molecule has 4 heteroatoms. The molecule has 1 heterocycles. The van der Waals surface area contributed by atoms with Crippen LogP contribution in [0.2, 0.25) is 0 Å². The Morgan fingerprint density at radius 3 is 2.80 bits per heavy atom. The molecule has 3 nitrogen and oxygen atoms in total. The highest BCUT2D eigenvalue weighted by Gasteiger charge is 2.32. The summed E-state index contributed by atoms with van der Waals surface area (Å²) < 4.78 is 2.27. The van der Waals surface area contributed by atoms with Gasteiger partial charge in [-0.05, 0) is 40.3 Å². The highest BCUT2D eigenvalue weighted by Crippen LogP contribution is 2.41. The van der Waals surface area contributed by atoms with Crippen molar-refractivity contribution in [2.75, 3.05) is 5.73 Å². The lowest BCUT2D eigenvalue weighted by Crippen LogP contribution is -2.35. The van der Waals surface area contributed by atoms with E-state index in [1.54, 1.807) is 16.8 Å². The third kappa shape index (κ3) is 2.09. The molecular weight excluding hydrogens is 256 g/mol. The number of pyridine rings is 1. The summed E-state index contributed by atoms with van der Waals surface area (Å²) in [5.41, 5.74) is 6.65. The number of aromatic nitrogens is 1. The maximum absolute atomic E-state index is 11.8. The molecule has 1 aromatic rings. The van der Waals surface area contributed by atoms with Crippen LogP contribution in [0.3, 0.4) is 0 Å². The number of hydrogen-bond acceptors (Lipinski definition) is 2. The van der Waals surface area contributed by atoms with Crippen LogP contribution in [0.15, 0.2) is 21.5 Å². The smallest absolute Gasteiger partial charge is 0.264 e. The summed E-state index contributed by atoms with van der Waals surface area (Å²) in [5, 5.41) is 0. The molecule has 0 amide bonds. The summed E-state index contributed by atoms with van der Waals surface area (Å²) >= 11 is 3.23. The molecule has 0 aromatic carbocycles. The average molecular weight is 271 g/mol. The van der Waals surface area contributed by atoms with Crippen LogP contribution in [-0.2, 0) is 6.54 Å². The Kier molecular flexibility index (Phi) is 2.63. The Bertz CT molecular complexity index is 435. The summed E-state index contributed by atoms with van der Waals surface area (Å²) in [4.78, 5) is 11.8. The molecule has 0 aliphatic heterocycles. The van der Waals surface area contributed by atoms with Gasteiger partial charge in [0.05, 0.1) is 4.47 Å². The molecule has 1 fully saturated rings. The minimum Gasteiger partial charge on any atom is -0.398 e. The first-order valence-corrected chi connectivity index (χ1v) is 5.95. The van der Waals surface area contributed by atoms with E-state index in [0.29, 0.717) is 10.2 Å². The Morgan fingerprint density at radius 1 is 1.60 bits per heavy atom. The van der Waals surface area contributed by atoms with Crippen molar-refractivity contribution in [3.63, 3.8) is 0 Å². The Morgan fingerprint density at radius 2 is 2.27 bits per heavy atom. The predicted molar refractivity (Wildman–Crippen MR) is 64.8 cm³/mol. The Labute approximate surface area is 97.4 Å². The van der Waals surface area contributed by atoms with Gasteiger partial charge in [0.25, 0.3) is 5.56 Å². The topological polar surface area (TPSA) is 48.0 Å². The van der Waals surface area contributed by atoms with Crippen LogP contribution >= 0.6 is 15.9 Å². The van der Waals surface area contributed by atoms with E-state index in [-0.39, 0.29) is 11.0 Å². The molecule has 1 aromatic heterocycles. The highest BCUT2D eigenvalue weighted by atomic mass is 79.9. The number of anilines is 1. The first-order chi connectivity index (χ1) is 7.00. The van der Waals surface area contributed by atoms with Gasteiger partial charge in [0.15, 0.2) is 0 Å². The quantitative estimate of drug-likeness (QED) is 0.897. The van der Waals surface area contributed by atoms with Gasteiger partial charge in [-0.1, -0.05) is 13.3 Å². The molecule has 1 saturated carbocycles. The van der Waals surface area contributed by atoms with Crippen LogP contribution in [0.5, 0.6) is 0 Å². The van der Waals surface area contributed by atoms with E-state index in [4.69, 9.17) is 5.73 Å². The van der Waals surface area contributed by atoms with Crippen LogP contribution in [0.25, 0.3) is 0 Å².